The van der Waals surface area contributed by atoms with Crippen LogP contribution in [0.5, 0.6) is 0 Å². The molecule has 188 valence electrons. The van der Waals surface area contributed by atoms with Gasteiger partial charge in [-0.2, -0.15) is 9.97 Å². The fourth-order valence-corrected chi connectivity index (χ4v) is 3.86. The average Bonchev–Trinajstić information content (AvgIpc) is 2.94. The second kappa shape index (κ2) is 11.1. The smallest absolute Gasteiger partial charge is 0.323 e. The first-order valence-corrected chi connectivity index (χ1v) is 12.2. The van der Waals surface area contributed by atoms with E-state index in [-0.39, 0.29) is 11.9 Å². The number of ether oxygens (including phenoxy) is 1. The number of amides is 2. The number of hydrogen-bond donors (Lipinski definition) is 2. The molecule has 1 fully saturated rings. The van der Waals surface area contributed by atoms with Crippen LogP contribution in [0.4, 0.5) is 22.1 Å². The molecule has 2 aromatic carbocycles. The minimum absolute atomic E-state index is 0.168. The van der Waals surface area contributed by atoms with Gasteiger partial charge >= 0.3 is 6.03 Å². The van der Waals surface area contributed by atoms with Gasteiger partial charge in [-0.05, 0) is 42.0 Å². The molecule has 0 atom stereocenters. The summed E-state index contributed by atoms with van der Waals surface area (Å²) in [6.07, 6.45) is 4.98. The molecule has 4 aromatic rings. The molecule has 0 unspecified atom stereocenters. The molecule has 10 heteroatoms. The molecule has 10 nitrogen and oxygen atoms in total. The van der Waals surface area contributed by atoms with Crippen LogP contribution in [-0.4, -0.2) is 57.3 Å². The van der Waals surface area contributed by atoms with Crippen molar-refractivity contribution in [3.63, 3.8) is 0 Å². The number of morpholine rings is 1. The molecule has 37 heavy (non-hydrogen) atoms. The van der Waals surface area contributed by atoms with Gasteiger partial charge in [0, 0.05) is 53.9 Å². The summed E-state index contributed by atoms with van der Waals surface area (Å²) < 4.78 is 5.46. The number of hydrogen-bond acceptors (Lipinski definition) is 8. The highest BCUT2D eigenvalue weighted by Crippen LogP contribution is 2.24. The SMILES string of the molecule is CC(C)c1nc(-c2ccc(NC(=O)Nc3ccc(-c4cncnc4)cc3)cc2)nc(N2CCOCC2)n1. The van der Waals surface area contributed by atoms with Gasteiger partial charge in [0.2, 0.25) is 5.95 Å². The van der Waals surface area contributed by atoms with Gasteiger partial charge in [0.15, 0.2) is 5.82 Å². The van der Waals surface area contributed by atoms with Crippen LogP contribution in [0.15, 0.2) is 67.3 Å². The number of carbonyl (C=O) groups is 1. The third-order valence-corrected chi connectivity index (χ3v) is 5.89. The monoisotopic (exact) mass is 496 g/mol. The summed E-state index contributed by atoms with van der Waals surface area (Å²) in [5.41, 5.74) is 4.07. The van der Waals surface area contributed by atoms with Crippen LogP contribution in [0.1, 0.15) is 25.6 Å². The van der Waals surface area contributed by atoms with E-state index in [1.807, 2.05) is 48.5 Å². The highest BCUT2D eigenvalue weighted by atomic mass is 16.5. The Hall–Kier alpha value is -4.44. The van der Waals surface area contributed by atoms with Crippen molar-refractivity contribution in [1.82, 2.24) is 24.9 Å². The maximum absolute atomic E-state index is 12.5. The number of rotatable bonds is 6. The first kappa shape index (κ1) is 24.3. The lowest BCUT2D eigenvalue weighted by Gasteiger charge is -2.27. The maximum atomic E-state index is 12.5. The van der Waals surface area contributed by atoms with Gasteiger partial charge in [0.25, 0.3) is 0 Å². The Morgan fingerprint density at radius 1 is 0.811 bits per heavy atom. The highest BCUT2D eigenvalue weighted by Gasteiger charge is 2.18. The molecule has 5 rings (SSSR count). The van der Waals surface area contributed by atoms with Crippen LogP contribution in [0.25, 0.3) is 22.5 Å². The van der Waals surface area contributed by atoms with E-state index in [4.69, 9.17) is 9.72 Å². The lowest BCUT2D eigenvalue weighted by atomic mass is 10.1. The van der Waals surface area contributed by atoms with Gasteiger partial charge in [-0.1, -0.05) is 26.0 Å². The number of nitrogens with one attached hydrogen (secondary N) is 2. The highest BCUT2D eigenvalue weighted by molar-refractivity contribution is 6.00. The van der Waals surface area contributed by atoms with E-state index in [0.29, 0.717) is 36.4 Å². The second-order valence-electron chi connectivity index (χ2n) is 8.93. The fraction of sp³-hybridized carbons (Fsp3) is 0.259. The Kier molecular flexibility index (Phi) is 7.27. The molecule has 0 bridgehead atoms. The van der Waals surface area contributed by atoms with Crippen LogP contribution < -0.4 is 15.5 Å². The minimum Gasteiger partial charge on any atom is -0.378 e. The number of nitrogens with zero attached hydrogens (tertiary/aromatic N) is 6. The van der Waals surface area contributed by atoms with E-state index >= 15 is 0 Å². The quantitative estimate of drug-likeness (QED) is 0.398. The van der Waals surface area contributed by atoms with Gasteiger partial charge in [-0.15, -0.1) is 0 Å². The van der Waals surface area contributed by atoms with Crippen molar-refractivity contribution in [1.29, 1.82) is 0 Å². The minimum atomic E-state index is -0.333. The Bertz CT molecular complexity index is 1340. The summed E-state index contributed by atoms with van der Waals surface area (Å²) in [7, 11) is 0. The summed E-state index contributed by atoms with van der Waals surface area (Å²) in [4.78, 5) is 36.8. The van der Waals surface area contributed by atoms with E-state index in [2.05, 4.69) is 49.3 Å². The second-order valence-corrected chi connectivity index (χ2v) is 8.93. The Morgan fingerprint density at radius 2 is 1.41 bits per heavy atom. The van der Waals surface area contributed by atoms with Crippen LogP contribution in [0, 0.1) is 0 Å². The van der Waals surface area contributed by atoms with E-state index in [1.165, 1.54) is 6.33 Å². The van der Waals surface area contributed by atoms with Crippen molar-refractivity contribution < 1.29 is 9.53 Å². The van der Waals surface area contributed by atoms with Crippen molar-refractivity contribution in [3.8, 4) is 22.5 Å². The molecule has 1 aliphatic heterocycles. The van der Waals surface area contributed by atoms with Crippen molar-refractivity contribution >= 4 is 23.4 Å². The van der Waals surface area contributed by atoms with Crippen molar-refractivity contribution in [3.05, 3.63) is 73.1 Å². The number of anilines is 3. The maximum Gasteiger partial charge on any atom is 0.323 e. The molecule has 1 aliphatic rings. The first-order chi connectivity index (χ1) is 18.0. The molecule has 0 spiro atoms. The lowest BCUT2D eigenvalue weighted by Crippen LogP contribution is -2.37. The van der Waals surface area contributed by atoms with E-state index in [0.717, 1.165) is 35.6 Å². The molecule has 2 N–H and O–H groups in total. The molecule has 0 radical (unpaired) electrons. The molecule has 2 aromatic heterocycles. The van der Waals surface area contributed by atoms with E-state index < -0.39 is 0 Å². The lowest BCUT2D eigenvalue weighted by molar-refractivity contribution is 0.122. The molecule has 1 saturated heterocycles. The van der Waals surface area contributed by atoms with Crippen molar-refractivity contribution in [2.24, 2.45) is 0 Å². The van der Waals surface area contributed by atoms with Gasteiger partial charge in [-0.25, -0.2) is 19.7 Å². The number of benzene rings is 2. The van der Waals surface area contributed by atoms with Gasteiger partial charge in [-0.3, -0.25) is 0 Å². The Balaban J connectivity index is 1.25. The van der Waals surface area contributed by atoms with Crippen molar-refractivity contribution in [2.75, 3.05) is 41.8 Å². The molecular formula is C27H28N8O2. The number of carbonyl (C=O) groups excluding carboxylic acids is 1. The van der Waals surface area contributed by atoms with Gasteiger partial charge < -0.3 is 20.3 Å². The summed E-state index contributed by atoms with van der Waals surface area (Å²) in [5.74, 6) is 2.20. The zero-order valence-corrected chi connectivity index (χ0v) is 20.8. The van der Waals surface area contributed by atoms with Crippen LogP contribution in [0.3, 0.4) is 0 Å². The van der Waals surface area contributed by atoms with E-state index in [9.17, 15) is 4.79 Å². The molecular weight excluding hydrogens is 468 g/mol. The third kappa shape index (κ3) is 6.04. The van der Waals surface area contributed by atoms with Crippen molar-refractivity contribution in [2.45, 2.75) is 19.8 Å². The molecule has 2 amide bonds. The normalized spacial score (nSPS) is 13.4. The van der Waals surface area contributed by atoms with Crippen LogP contribution in [-0.2, 0) is 4.74 Å². The molecule has 0 aliphatic carbocycles. The summed E-state index contributed by atoms with van der Waals surface area (Å²) in [5, 5.41) is 5.71. The van der Waals surface area contributed by atoms with E-state index in [1.54, 1.807) is 12.4 Å². The summed E-state index contributed by atoms with van der Waals surface area (Å²) >= 11 is 0. The Morgan fingerprint density at radius 3 is 2.00 bits per heavy atom. The van der Waals surface area contributed by atoms with Gasteiger partial charge in [0.1, 0.15) is 12.2 Å². The predicted octanol–water partition coefficient (Wildman–Crippen LogP) is 4.60. The number of aromatic nitrogens is 5. The topological polar surface area (TPSA) is 118 Å². The van der Waals surface area contributed by atoms with Crippen LogP contribution in [0.2, 0.25) is 0 Å². The zero-order valence-electron chi connectivity index (χ0n) is 20.8. The number of urea groups is 1. The molecule has 0 saturated carbocycles. The standard InChI is InChI=1S/C27H28N8O2/c1-18(2)24-32-25(34-26(33-24)35-11-13-37-14-12-35)20-5-9-23(10-6-20)31-27(36)30-22-7-3-19(4-8-22)21-15-28-17-29-16-21/h3-10,15-18H,11-14H2,1-2H3,(H2,30,31,36). The Labute approximate surface area is 215 Å². The molecule has 3 heterocycles. The first-order valence-electron chi connectivity index (χ1n) is 12.2. The van der Waals surface area contributed by atoms with Gasteiger partial charge in [0.05, 0.1) is 13.2 Å². The third-order valence-electron chi connectivity index (χ3n) is 5.89. The summed E-state index contributed by atoms with van der Waals surface area (Å²) in [6.45, 7) is 6.96. The summed E-state index contributed by atoms with van der Waals surface area (Å²) in [6, 6.07) is 14.6. The van der Waals surface area contributed by atoms with Crippen LogP contribution >= 0.6 is 0 Å². The fourth-order valence-electron chi connectivity index (χ4n) is 3.86. The average molecular weight is 497 g/mol. The predicted molar refractivity (Wildman–Crippen MR) is 142 cm³/mol. The zero-order chi connectivity index (χ0) is 25.6. The largest absolute Gasteiger partial charge is 0.378 e.